The van der Waals surface area contributed by atoms with Gasteiger partial charge in [0, 0.05) is 12.1 Å². The molecule has 90 valence electrons. The Morgan fingerprint density at radius 1 is 1.38 bits per heavy atom. The van der Waals surface area contributed by atoms with Crippen molar-refractivity contribution in [1.82, 2.24) is 5.32 Å². The van der Waals surface area contributed by atoms with Crippen LogP contribution in [0, 0.1) is 17.6 Å². The van der Waals surface area contributed by atoms with Gasteiger partial charge < -0.3 is 5.32 Å². The highest BCUT2D eigenvalue weighted by Crippen LogP contribution is 2.21. The first-order valence-electron chi connectivity index (χ1n) is 5.39. The summed E-state index contributed by atoms with van der Waals surface area (Å²) < 4.78 is 27.2. The third-order valence-electron chi connectivity index (χ3n) is 2.63. The standard InChI is InChI=1S/C12H16BrF2N/c1-3-8(2)6-16-7-9-11(14)5-4-10(13)12(9)15/h4-5,8,16H,3,6-7H2,1-2H3. The van der Waals surface area contributed by atoms with Crippen LogP contribution < -0.4 is 5.32 Å². The second-order valence-electron chi connectivity index (χ2n) is 3.97. The minimum absolute atomic E-state index is 0.0951. The Hall–Kier alpha value is -0.480. The zero-order chi connectivity index (χ0) is 12.1. The minimum atomic E-state index is -0.517. The molecule has 1 aromatic rings. The maximum Gasteiger partial charge on any atom is 0.144 e. The monoisotopic (exact) mass is 291 g/mol. The molecule has 0 radical (unpaired) electrons. The average molecular weight is 292 g/mol. The fourth-order valence-corrected chi connectivity index (χ4v) is 1.69. The molecule has 1 N–H and O–H groups in total. The SMILES string of the molecule is CCC(C)CNCc1c(F)ccc(Br)c1F. The van der Waals surface area contributed by atoms with Gasteiger partial charge in [-0.3, -0.25) is 0 Å². The van der Waals surface area contributed by atoms with Crippen LogP contribution in [0.2, 0.25) is 0 Å². The molecule has 0 spiro atoms. The van der Waals surface area contributed by atoms with Gasteiger partial charge in [-0.05, 0) is 40.5 Å². The number of hydrogen-bond donors (Lipinski definition) is 1. The van der Waals surface area contributed by atoms with Gasteiger partial charge in [0.1, 0.15) is 11.6 Å². The normalized spacial score (nSPS) is 12.8. The predicted molar refractivity (Wildman–Crippen MR) is 65.2 cm³/mol. The van der Waals surface area contributed by atoms with Crippen LogP contribution in [0.15, 0.2) is 16.6 Å². The van der Waals surface area contributed by atoms with Crippen molar-refractivity contribution in [2.24, 2.45) is 5.92 Å². The van der Waals surface area contributed by atoms with E-state index in [-0.39, 0.29) is 12.1 Å². The van der Waals surface area contributed by atoms with E-state index in [1.807, 2.05) is 0 Å². The Balaban J connectivity index is 2.63. The summed E-state index contributed by atoms with van der Waals surface area (Å²) in [5.74, 6) is -0.507. The Labute approximate surface area is 103 Å². The first-order chi connectivity index (χ1) is 7.56. The van der Waals surface area contributed by atoms with Crippen molar-refractivity contribution in [2.45, 2.75) is 26.8 Å². The number of rotatable bonds is 5. The van der Waals surface area contributed by atoms with Crippen LogP contribution in [-0.2, 0) is 6.54 Å². The molecule has 1 atom stereocenters. The van der Waals surface area contributed by atoms with Crippen molar-refractivity contribution in [3.05, 3.63) is 33.8 Å². The highest BCUT2D eigenvalue weighted by atomic mass is 79.9. The molecular formula is C12H16BrF2N. The lowest BCUT2D eigenvalue weighted by molar-refractivity contribution is 0.479. The molecule has 0 aliphatic rings. The molecule has 1 aromatic carbocycles. The molecule has 1 rings (SSSR count). The number of hydrogen-bond acceptors (Lipinski definition) is 1. The van der Waals surface area contributed by atoms with Crippen molar-refractivity contribution < 1.29 is 8.78 Å². The topological polar surface area (TPSA) is 12.0 Å². The third-order valence-corrected chi connectivity index (χ3v) is 3.24. The van der Waals surface area contributed by atoms with Gasteiger partial charge in [0.15, 0.2) is 0 Å². The van der Waals surface area contributed by atoms with Gasteiger partial charge in [-0.2, -0.15) is 0 Å². The molecule has 0 saturated heterocycles. The summed E-state index contributed by atoms with van der Waals surface area (Å²) in [4.78, 5) is 0. The molecule has 0 aromatic heterocycles. The second-order valence-corrected chi connectivity index (χ2v) is 4.82. The summed E-state index contributed by atoms with van der Waals surface area (Å²) >= 11 is 3.05. The van der Waals surface area contributed by atoms with Crippen LogP contribution in [0.1, 0.15) is 25.8 Å². The van der Waals surface area contributed by atoms with E-state index in [2.05, 4.69) is 35.1 Å². The summed E-state index contributed by atoms with van der Waals surface area (Å²) in [6.45, 7) is 5.18. The van der Waals surface area contributed by atoms with Gasteiger partial charge in [0.2, 0.25) is 0 Å². The van der Waals surface area contributed by atoms with E-state index in [1.54, 1.807) is 0 Å². The number of nitrogens with one attached hydrogen (secondary N) is 1. The summed E-state index contributed by atoms with van der Waals surface area (Å²) in [5.41, 5.74) is 0.0951. The quantitative estimate of drug-likeness (QED) is 0.812. The summed E-state index contributed by atoms with van der Waals surface area (Å²) in [7, 11) is 0. The van der Waals surface area contributed by atoms with Crippen molar-refractivity contribution >= 4 is 15.9 Å². The molecule has 0 saturated carbocycles. The largest absolute Gasteiger partial charge is 0.312 e. The van der Waals surface area contributed by atoms with E-state index in [0.717, 1.165) is 13.0 Å². The summed E-state index contributed by atoms with van der Waals surface area (Å²) in [5, 5.41) is 3.06. The second kappa shape index (κ2) is 6.30. The maximum absolute atomic E-state index is 13.5. The highest BCUT2D eigenvalue weighted by molar-refractivity contribution is 9.10. The predicted octanol–water partition coefficient (Wildman–Crippen LogP) is 3.86. The van der Waals surface area contributed by atoms with E-state index in [0.29, 0.717) is 10.4 Å². The van der Waals surface area contributed by atoms with E-state index in [9.17, 15) is 8.78 Å². The molecule has 1 nitrogen and oxygen atoms in total. The third kappa shape index (κ3) is 3.52. The molecule has 16 heavy (non-hydrogen) atoms. The van der Waals surface area contributed by atoms with Crippen LogP contribution in [0.4, 0.5) is 8.78 Å². The van der Waals surface area contributed by atoms with Crippen molar-refractivity contribution in [1.29, 1.82) is 0 Å². The van der Waals surface area contributed by atoms with Crippen molar-refractivity contribution in [3.8, 4) is 0 Å². The van der Waals surface area contributed by atoms with Gasteiger partial charge in [-0.25, -0.2) is 8.78 Å². The van der Waals surface area contributed by atoms with E-state index in [1.165, 1.54) is 12.1 Å². The Morgan fingerprint density at radius 3 is 2.69 bits per heavy atom. The zero-order valence-corrected chi connectivity index (χ0v) is 11.1. The van der Waals surface area contributed by atoms with E-state index in [4.69, 9.17) is 0 Å². The number of benzene rings is 1. The first kappa shape index (κ1) is 13.6. The molecule has 0 amide bonds. The Kier molecular flexibility index (Phi) is 5.35. The summed E-state index contributed by atoms with van der Waals surface area (Å²) in [6, 6.07) is 2.65. The van der Waals surface area contributed by atoms with Crippen LogP contribution >= 0.6 is 15.9 Å². The van der Waals surface area contributed by atoms with Crippen LogP contribution in [-0.4, -0.2) is 6.54 Å². The lowest BCUT2D eigenvalue weighted by Crippen LogP contribution is -2.21. The highest BCUT2D eigenvalue weighted by Gasteiger charge is 2.11. The molecule has 0 fully saturated rings. The maximum atomic E-state index is 13.5. The summed E-state index contributed by atoms with van der Waals surface area (Å²) in [6.07, 6.45) is 1.05. The van der Waals surface area contributed by atoms with Crippen LogP contribution in [0.3, 0.4) is 0 Å². The Bertz CT molecular complexity index is 355. The van der Waals surface area contributed by atoms with Gasteiger partial charge in [0.05, 0.1) is 4.47 Å². The average Bonchev–Trinajstić information content (AvgIpc) is 2.28. The molecule has 1 unspecified atom stereocenters. The fraction of sp³-hybridized carbons (Fsp3) is 0.500. The fourth-order valence-electron chi connectivity index (χ4n) is 1.32. The molecule has 0 heterocycles. The van der Waals surface area contributed by atoms with Gasteiger partial charge in [-0.15, -0.1) is 0 Å². The van der Waals surface area contributed by atoms with Crippen LogP contribution in [0.5, 0.6) is 0 Å². The van der Waals surface area contributed by atoms with Crippen molar-refractivity contribution in [2.75, 3.05) is 6.54 Å². The molecule has 0 aliphatic carbocycles. The molecular weight excluding hydrogens is 276 g/mol. The van der Waals surface area contributed by atoms with Crippen LogP contribution in [0.25, 0.3) is 0 Å². The zero-order valence-electron chi connectivity index (χ0n) is 9.49. The molecule has 0 aliphatic heterocycles. The number of halogens is 3. The molecule has 0 bridgehead atoms. The van der Waals surface area contributed by atoms with Gasteiger partial charge in [0.25, 0.3) is 0 Å². The smallest absolute Gasteiger partial charge is 0.144 e. The van der Waals surface area contributed by atoms with E-state index >= 15 is 0 Å². The minimum Gasteiger partial charge on any atom is -0.312 e. The molecule has 4 heteroatoms. The lowest BCUT2D eigenvalue weighted by Gasteiger charge is -2.11. The van der Waals surface area contributed by atoms with E-state index < -0.39 is 11.6 Å². The Morgan fingerprint density at radius 2 is 2.06 bits per heavy atom. The van der Waals surface area contributed by atoms with Gasteiger partial charge >= 0.3 is 0 Å². The van der Waals surface area contributed by atoms with Gasteiger partial charge in [-0.1, -0.05) is 20.3 Å². The van der Waals surface area contributed by atoms with Crippen molar-refractivity contribution in [3.63, 3.8) is 0 Å². The first-order valence-corrected chi connectivity index (χ1v) is 6.18. The lowest BCUT2D eigenvalue weighted by atomic mass is 10.1.